The van der Waals surface area contributed by atoms with E-state index < -0.39 is 30.5 Å². The van der Waals surface area contributed by atoms with E-state index in [1.165, 1.54) is 0 Å². The van der Waals surface area contributed by atoms with Crippen molar-refractivity contribution >= 4 is 47.3 Å². The summed E-state index contributed by atoms with van der Waals surface area (Å²) in [5.74, 6) is -0.861. The minimum absolute atomic E-state index is 0.132. The second-order valence-electron chi connectivity index (χ2n) is 3.99. The molecular formula is C11H11BrClNO6S. The van der Waals surface area contributed by atoms with Crippen molar-refractivity contribution in [3.8, 4) is 0 Å². The number of benzene rings is 1. The third-order valence-electron chi connectivity index (χ3n) is 2.45. The number of rotatable bonds is 6. The van der Waals surface area contributed by atoms with Crippen molar-refractivity contribution in [2.45, 2.75) is 24.7 Å². The van der Waals surface area contributed by atoms with E-state index in [2.05, 4.69) is 15.9 Å². The fourth-order valence-electron chi connectivity index (χ4n) is 1.40. The van der Waals surface area contributed by atoms with E-state index in [1.54, 1.807) is 0 Å². The zero-order valence-electron chi connectivity index (χ0n) is 10.8. The normalized spacial score (nSPS) is 11.2. The number of halogens is 2. The number of nitrogens with zero attached hydrogens (tertiary/aromatic N) is 1. The van der Waals surface area contributed by atoms with Crippen molar-refractivity contribution in [3.05, 3.63) is 32.3 Å². The maximum Gasteiger partial charge on any atom is 0.339 e. The average Bonchev–Trinajstić information content (AvgIpc) is 2.37. The molecule has 0 aliphatic heterocycles. The van der Waals surface area contributed by atoms with E-state index in [4.69, 9.17) is 15.4 Å². The molecule has 0 heterocycles. The van der Waals surface area contributed by atoms with E-state index in [0.29, 0.717) is 6.42 Å². The van der Waals surface area contributed by atoms with Gasteiger partial charge in [0.2, 0.25) is 0 Å². The Bertz CT molecular complexity index is 676. The number of nitro groups is 1. The minimum atomic E-state index is -4.26. The zero-order valence-corrected chi connectivity index (χ0v) is 14.0. The van der Waals surface area contributed by atoms with Crippen LogP contribution in [-0.4, -0.2) is 25.9 Å². The minimum Gasteiger partial charge on any atom is -0.462 e. The van der Waals surface area contributed by atoms with E-state index in [9.17, 15) is 23.3 Å². The van der Waals surface area contributed by atoms with Crippen molar-refractivity contribution in [1.29, 1.82) is 0 Å². The summed E-state index contributed by atoms with van der Waals surface area (Å²) in [5, 5.41) is 10.8. The molecule has 0 amide bonds. The number of unbranched alkanes of at least 4 members (excludes halogenated alkanes) is 1. The molecule has 116 valence electrons. The van der Waals surface area contributed by atoms with Gasteiger partial charge in [0.15, 0.2) is 0 Å². The molecule has 1 aromatic rings. The van der Waals surface area contributed by atoms with Crippen LogP contribution in [0.4, 0.5) is 5.69 Å². The highest BCUT2D eigenvalue weighted by Crippen LogP contribution is 2.33. The van der Waals surface area contributed by atoms with Crippen LogP contribution in [0.1, 0.15) is 30.1 Å². The quantitative estimate of drug-likeness (QED) is 0.239. The lowest BCUT2D eigenvalue weighted by molar-refractivity contribution is -0.385. The van der Waals surface area contributed by atoms with Crippen LogP contribution in [-0.2, 0) is 13.8 Å². The number of carbonyl (C=O) groups is 1. The summed E-state index contributed by atoms with van der Waals surface area (Å²) in [7, 11) is 0.954. The molecule has 0 aromatic heterocycles. The number of hydrogen-bond acceptors (Lipinski definition) is 6. The van der Waals surface area contributed by atoms with Crippen molar-refractivity contribution in [2.75, 3.05) is 6.61 Å². The maximum atomic E-state index is 11.9. The third kappa shape index (κ3) is 4.65. The van der Waals surface area contributed by atoms with Crippen molar-refractivity contribution < 1.29 is 22.9 Å². The smallest absolute Gasteiger partial charge is 0.339 e. The largest absolute Gasteiger partial charge is 0.462 e. The van der Waals surface area contributed by atoms with Crippen LogP contribution in [0.3, 0.4) is 0 Å². The third-order valence-corrected chi connectivity index (χ3v) is 4.91. The van der Waals surface area contributed by atoms with E-state index in [-0.39, 0.29) is 16.6 Å². The average molecular weight is 401 g/mol. The number of hydrogen-bond donors (Lipinski definition) is 0. The molecule has 0 radical (unpaired) electrons. The standard InChI is InChI=1S/C11H11BrClNO6S/c1-2-3-4-20-11(15)8-5-7(14(16)17)6-9(10(8)12)21(13,18)19/h5-6H,2-4H2,1H3. The molecule has 0 N–H and O–H groups in total. The summed E-state index contributed by atoms with van der Waals surface area (Å²) in [6.07, 6.45) is 1.42. The molecule has 7 nitrogen and oxygen atoms in total. The molecule has 0 atom stereocenters. The Balaban J connectivity index is 3.34. The summed E-state index contributed by atoms with van der Waals surface area (Å²) in [6, 6.07) is 1.71. The first-order chi connectivity index (χ1) is 9.68. The Kier molecular flexibility index (Phi) is 6.11. The first kappa shape index (κ1) is 17.9. The molecule has 0 aliphatic rings. The first-order valence-electron chi connectivity index (χ1n) is 5.78. The molecule has 0 spiro atoms. The van der Waals surface area contributed by atoms with Gasteiger partial charge < -0.3 is 4.74 Å². The summed E-state index contributed by atoms with van der Waals surface area (Å²) in [6.45, 7) is 2.03. The lowest BCUT2D eigenvalue weighted by Gasteiger charge is -2.08. The second kappa shape index (κ2) is 7.19. The molecule has 0 aliphatic carbocycles. The Hall–Kier alpha value is -1.19. The molecule has 0 unspecified atom stereocenters. The lowest BCUT2D eigenvalue weighted by atomic mass is 10.2. The van der Waals surface area contributed by atoms with Crippen LogP contribution >= 0.6 is 26.6 Å². The first-order valence-corrected chi connectivity index (χ1v) is 8.88. The number of non-ortho nitro benzene ring substituents is 1. The van der Waals surface area contributed by atoms with E-state index >= 15 is 0 Å². The number of esters is 1. The molecular weight excluding hydrogens is 390 g/mol. The van der Waals surface area contributed by atoms with Crippen LogP contribution in [0.5, 0.6) is 0 Å². The highest BCUT2D eigenvalue weighted by Gasteiger charge is 2.26. The van der Waals surface area contributed by atoms with Gasteiger partial charge in [-0.3, -0.25) is 10.1 Å². The summed E-state index contributed by atoms with van der Waals surface area (Å²) >= 11 is 2.92. The molecule has 1 rings (SSSR count). The SMILES string of the molecule is CCCCOC(=O)c1cc([N+](=O)[O-])cc(S(=O)(=O)Cl)c1Br. The van der Waals surface area contributed by atoms with Gasteiger partial charge >= 0.3 is 5.97 Å². The van der Waals surface area contributed by atoms with Crippen LogP contribution in [0.15, 0.2) is 21.5 Å². The van der Waals surface area contributed by atoms with Crippen LogP contribution in [0.25, 0.3) is 0 Å². The van der Waals surface area contributed by atoms with Crippen LogP contribution in [0, 0.1) is 10.1 Å². The van der Waals surface area contributed by atoms with Gasteiger partial charge in [0.25, 0.3) is 14.7 Å². The number of nitro benzene ring substituents is 1. The maximum absolute atomic E-state index is 11.9. The van der Waals surface area contributed by atoms with Crippen molar-refractivity contribution in [3.63, 3.8) is 0 Å². The molecule has 21 heavy (non-hydrogen) atoms. The Labute approximate surface area is 133 Å². The lowest BCUT2D eigenvalue weighted by Crippen LogP contribution is -2.10. The van der Waals surface area contributed by atoms with Gasteiger partial charge in [-0.2, -0.15) is 0 Å². The van der Waals surface area contributed by atoms with Gasteiger partial charge in [-0.15, -0.1) is 0 Å². The fraction of sp³-hybridized carbons (Fsp3) is 0.364. The number of ether oxygens (including phenoxy) is 1. The summed E-state index contributed by atoms with van der Waals surface area (Å²) in [4.78, 5) is 21.3. The Morgan fingerprint density at radius 2 is 2.10 bits per heavy atom. The predicted molar refractivity (Wildman–Crippen MR) is 79.0 cm³/mol. The van der Waals surface area contributed by atoms with E-state index in [0.717, 1.165) is 18.6 Å². The molecule has 0 bridgehead atoms. The van der Waals surface area contributed by atoms with Gasteiger partial charge in [0.1, 0.15) is 4.90 Å². The van der Waals surface area contributed by atoms with Crippen molar-refractivity contribution in [1.82, 2.24) is 0 Å². The summed E-state index contributed by atoms with van der Waals surface area (Å²) < 4.78 is 27.6. The van der Waals surface area contributed by atoms with Gasteiger partial charge in [-0.1, -0.05) is 13.3 Å². The Morgan fingerprint density at radius 1 is 1.48 bits per heavy atom. The molecule has 0 fully saturated rings. The van der Waals surface area contributed by atoms with E-state index in [1.807, 2.05) is 6.92 Å². The van der Waals surface area contributed by atoms with Crippen molar-refractivity contribution in [2.24, 2.45) is 0 Å². The molecule has 0 saturated carbocycles. The highest BCUT2D eigenvalue weighted by molar-refractivity contribution is 9.10. The fourth-order valence-corrected chi connectivity index (χ4v) is 3.66. The zero-order chi connectivity index (χ0) is 16.2. The monoisotopic (exact) mass is 399 g/mol. The number of carbonyl (C=O) groups excluding carboxylic acids is 1. The van der Waals surface area contributed by atoms with Gasteiger partial charge in [-0.05, 0) is 22.4 Å². The van der Waals surface area contributed by atoms with Crippen LogP contribution < -0.4 is 0 Å². The topological polar surface area (TPSA) is 104 Å². The predicted octanol–water partition coefficient (Wildman–Crippen LogP) is 3.24. The second-order valence-corrected chi connectivity index (χ2v) is 7.32. The van der Waals surface area contributed by atoms with Gasteiger partial charge in [0.05, 0.1) is 21.6 Å². The Morgan fingerprint density at radius 3 is 2.57 bits per heavy atom. The molecule has 1 aromatic carbocycles. The summed E-state index contributed by atoms with van der Waals surface area (Å²) in [5.41, 5.74) is -0.834. The molecule has 10 heteroatoms. The van der Waals surface area contributed by atoms with Crippen LogP contribution in [0.2, 0.25) is 0 Å². The van der Waals surface area contributed by atoms with Gasteiger partial charge in [-0.25, -0.2) is 13.2 Å². The van der Waals surface area contributed by atoms with Gasteiger partial charge in [0, 0.05) is 22.8 Å². The molecule has 0 saturated heterocycles. The highest BCUT2D eigenvalue weighted by atomic mass is 79.9.